The Bertz CT molecular complexity index is 524. The first kappa shape index (κ1) is 10.9. The summed E-state index contributed by atoms with van der Waals surface area (Å²) < 4.78 is 7.11. The van der Waals surface area contributed by atoms with Gasteiger partial charge in [0, 0.05) is 7.05 Å². The summed E-state index contributed by atoms with van der Waals surface area (Å²) in [5.41, 5.74) is 1.59. The lowest BCUT2D eigenvalue weighted by atomic mass is 10.3. The van der Waals surface area contributed by atoms with E-state index in [1.807, 2.05) is 13.8 Å². The Labute approximate surface area is 98.0 Å². The molecule has 2 heterocycles. The molecule has 0 fully saturated rings. The van der Waals surface area contributed by atoms with Gasteiger partial charge in [0.15, 0.2) is 10.9 Å². The van der Waals surface area contributed by atoms with E-state index in [0.29, 0.717) is 11.6 Å². The zero-order valence-electron chi connectivity index (χ0n) is 9.23. The summed E-state index contributed by atoms with van der Waals surface area (Å²) >= 11 is 5.93. The lowest BCUT2D eigenvalue weighted by Crippen LogP contribution is -1.96. The van der Waals surface area contributed by atoms with E-state index in [2.05, 4.69) is 15.1 Å². The molecule has 0 spiro atoms. The van der Waals surface area contributed by atoms with Gasteiger partial charge < -0.3 is 4.74 Å². The molecule has 2 aromatic rings. The van der Waals surface area contributed by atoms with E-state index < -0.39 is 0 Å². The van der Waals surface area contributed by atoms with E-state index >= 15 is 0 Å². The molecule has 0 saturated carbocycles. The second kappa shape index (κ2) is 4.09. The van der Waals surface area contributed by atoms with Gasteiger partial charge in [0.05, 0.1) is 23.8 Å². The van der Waals surface area contributed by atoms with Crippen LogP contribution in [0.5, 0.6) is 11.6 Å². The third kappa shape index (κ3) is 2.14. The molecule has 0 aliphatic heterocycles. The van der Waals surface area contributed by atoms with Crippen LogP contribution in [-0.2, 0) is 7.05 Å². The molecule has 2 rings (SSSR count). The van der Waals surface area contributed by atoms with Gasteiger partial charge in [0.2, 0.25) is 0 Å². The SMILES string of the molecule is Cc1nc(Cl)c(Oc2cnn(C)c2)nc1C. The fourth-order valence-electron chi connectivity index (χ4n) is 1.18. The summed E-state index contributed by atoms with van der Waals surface area (Å²) in [6.07, 6.45) is 3.32. The largest absolute Gasteiger partial charge is 0.433 e. The van der Waals surface area contributed by atoms with Gasteiger partial charge in [-0.1, -0.05) is 11.6 Å². The van der Waals surface area contributed by atoms with Crippen molar-refractivity contribution in [3.8, 4) is 11.6 Å². The summed E-state index contributed by atoms with van der Waals surface area (Å²) in [6.45, 7) is 3.71. The first-order valence-electron chi connectivity index (χ1n) is 4.73. The van der Waals surface area contributed by atoms with Crippen LogP contribution in [0, 0.1) is 13.8 Å². The van der Waals surface area contributed by atoms with Gasteiger partial charge in [-0.15, -0.1) is 0 Å². The molecule has 5 nitrogen and oxygen atoms in total. The van der Waals surface area contributed by atoms with Crippen LogP contribution in [0.3, 0.4) is 0 Å². The molecule has 0 bridgehead atoms. The molecule has 0 saturated heterocycles. The topological polar surface area (TPSA) is 52.8 Å². The highest BCUT2D eigenvalue weighted by atomic mass is 35.5. The van der Waals surface area contributed by atoms with Crippen molar-refractivity contribution in [1.29, 1.82) is 0 Å². The van der Waals surface area contributed by atoms with Crippen molar-refractivity contribution in [3.05, 3.63) is 28.9 Å². The maximum Gasteiger partial charge on any atom is 0.258 e. The van der Waals surface area contributed by atoms with Crippen LogP contribution in [0.25, 0.3) is 0 Å². The summed E-state index contributed by atoms with van der Waals surface area (Å²) in [5.74, 6) is 0.889. The Morgan fingerprint density at radius 1 is 1.25 bits per heavy atom. The predicted octanol–water partition coefficient (Wildman–Crippen LogP) is 2.27. The van der Waals surface area contributed by atoms with Crippen molar-refractivity contribution in [2.45, 2.75) is 13.8 Å². The zero-order chi connectivity index (χ0) is 11.7. The molecule has 16 heavy (non-hydrogen) atoms. The number of aryl methyl sites for hydroxylation is 3. The lowest BCUT2D eigenvalue weighted by Gasteiger charge is -2.05. The fraction of sp³-hybridized carbons (Fsp3) is 0.300. The van der Waals surface area contributed by atoms with E-state index in [1.54, 1.807) is 24.1 Å². The highest BCUT2D eigenvalue weighted by molar-refractivity contribution is 6.30. The van der Waals surface area contributed by atoms with E-state index in [4.69, 9.17) is 16.3 Å². The first-order chi connectivity index (χ1) is 7.56. The van der Waals surface area contributed by atoms with Gasteiger partial charge in [-0.3, -0.25) is 4.68 Å². The molecule has 0 unspecified atom stereocenters. The molecule has 0 radical (unpaired) electrons. The average Bonchev–Trinajstić information content (AvgIpc) is 2.60. The third-order valence-corrected chi connectivity index (χ3v) is 2.38. The minimum Gasteiger partial charge on any atom is -0.433 e. The monoisotopic (exact) mass is 238 g/mol. The van der Waals surface area contributed by atoms with Gasteiger partial charge in [-0.05, 0) is 13.8 Å². The Morgan fingerprint density at radius 3 is 2.56 bits per heavy atom. The summed E-state index contributed by atoms with van der Waals surface area (Å²) in [6, 6.07) is 0. The quantitative estimate of drug-likeness (QED) is 0.806. The Hall–Kier alpha value is -1.62. The minimum absolute atomic E-state index is 0.256. The van der Waals surface area contributed by atoms with E-state index in [0.717, 1.165) is 11.4 Å². The number of hydrogen-bond donors (Lipinski definition) is 0. The molecule has 6 heteroatoms. The molecule has 0 aliphatic carbocycles. The number of ether oxygens (including phenoxy) is 1. The number of halogens is 1. The molecule has 0 N–H and O–H groups in total. The normalized spacial score (nSPS) is 10.5. The van der Waals surface area contributed by atoms with Crippen LogP contribution < -0.4 is 4.74 Å². The van der Waals surface area contributed by atoms with Crippen LogP contribution in [-0.4, -0.2) is 19.7 Å². The van der Waals surface area contributed by atoms with Crippen molar-refractivity contribution < 1.29 is 4.74 Å². The van der Waals surface area contributed by atoms with Gasteiger partial charge >= 0.3 is 0 Å². The number of hydrogen-bond acceptors (Lipinski definition) is 4. The van der Waals surface area contributed by atoms with Crippen LogP contribution in [0.4, 0.5) is 0 Å². The molecule has 0 atom stereocenters. The summed E-state index contributed by atoms with van der Waals surface area (Å²) in [5, 5.41) is 4.24. The second-order valence-corrected chi connectivity index (χ2v) is 3.80. The number of nitrogens with zero attached hydrogens (tertiary/aromatic N) is 4. The summed E-state index contributed by atoms with van der Waals surface area (Å²) in [7, 11) is 1.81. The molecular weight excluding hydrogens is 228 g/mol. The zero-order valence-corrected chi connectivity index (χ0v) is 9.99. The van der Waals surface area contributed by atoms with Gasteiger partial charge in [-0.25, -0.2) is 9.97 Å². The standard InChI is InChI=1S/C10H11ClN4O/c1-6-7(2)14-10(9(11)13-6)16-8-4-12-15(3)5-8/h4-5H,1-3H3. The van der Waals surface area contributed by atoms with E-state index in [-0.39, 0.29) is 5.15 Å². The van der Waals surface area contributed by atoms with Crippen LogP contribution in [0.2, 0.25) is 5.15 Å². The average molecular weight is 239 g/mol. The first-order valence-corrected chi connectivity index (χ1v) is 5.11. The Balaban J connectivity index is 2.31. The predicted molar refractivity (Wildman–Crippen MR) is 59.8 cm³/mol. The van der Waals surface area contributed by atoms with Crippen LogP contribution in [0.1, 0.15) is 11.4 Å². The number of aromatic nitrogens is 4. The number of rotatable bonds is 2. The Kier molecular flexibility index (Phi) is 2.78. The maximum atomic E-state index is 5.93. The van der Waals surface area contributed by atoms with Crippen molar-refractivity contribution in [2.75, 3.05) is 0 Å². The lowest BCUT2D eigenvalue weighted by molar-refractivity contribution is 0.458. The van der Waals surface area contributed by atoms with Crippen molar-refractivity contribution >= 4 is 11.6 Å². The third-order valence-electron chi connectivity index (χ3n) is 2.13. The summed E-state index contributed by atoms with van der Waals surface area (Å²) in [4.78, 5) is 8.35. The van der Waals surface area contributed by atoms with Crippen LogP contribution in [0.15, 0.2) is 12.4 Å². The molecule has 84 valence electrons. The van der Waals surface area contributed by atoms with Crippen molar-refractivity contribution in [2.24, 2.45) is 7.05 Å². The molecule has 0 aromatic carbocycles. The molecular formula is C10H11ClN4O. The molecule has 0 aliphatic rings. The van der Waals surface area contributed by atoms with Crippen LogP contribution >= 0.6 is 11.6 Å². The van der Waals surface area contributed by atoms with Gasteiger partial charge in [-0.2, -0.15) is 5.10 Å². The second-order valence-electron chi connectivity index (χ2n) is 3.44. The van der Waals surface area contributed by atoms with Gasteiger partial charge in [0.25, 0.3) is 5.88 Å². The maximum absolute atomic E-state index is 5.93. The highest BCUT2D eigenvalue weighted by Gasteiger charge is 2.10. The highest BCUT2D eigenvalue weighted by Crippen LogP contribution is 2.25. The van der Waals surface area contributed by atoms with E-state index in [9.17, 15) is 0 Å². The van der Waals surface area contributed by atoms with Crippen molar-refractivity contribution in [1.82, 2.24) is 19.7 Å². The minimum atomic E-state index is 0.256. The van der Waals surface area contributed by atoms with Gasteiger partial charge in [0.1, 0.15) is 0 Å². The Morgan fingerprint density at radius 2 is 1.94 bits per heavy atom. The molecule has 0 amide bonds. The fourth-order valence-corrected chi connectivity index (χ4v) is 1.39. The molecule has 2 aromatic heterocycles. The van der Waals surface area contributed by atoms with E-state index in [1.165, 1.54) is 0 Å². The smallest absolute Gasteiger partial charge is 0.258 e. The van der Waals surface area contributed by atoms with Crippen molar-refractivity contribution in [3.63, 3.8) is 0 Å².